The van der Waals surface area contributed by atoms with Gasteiger partial charge in [-0.15, -0.1) is 0 Å². The summed E-state index contributed by atoms with van der Waals surface area (Å²) >= 11 is 0. The lowest BCUT2D eigenvalue weighted by Crippen LogP contribution is -2.07. The highest BCUT2D eigenvalue weighted by Crippen LogP contribution is 2.35. The van der Waals surface area contributed by atoms with E-state index in [9.17, 15) is 13.2 Å². The van der Waals surface area contributed by atoms with E-state index in [-0.39, 0.29) is 5.69 Å². The molecular weight excluding hydrogens is 279 g/mol. The van der Waals surface area contributed by atoms with Crippen LogP contribution in [0, 0.1) is 0 Å². The number of hydrogen-bond acceptors (Lipinski definition) is 2. The Morgan fingerprint density at radius 3 is 2.43 bits per heavy atom. The van der Waals surface area contributed by atoms with Crippen LogP contribution in [-0.4, -0.2) is 14.8 Å². The first-order valence-electron chi connectivity index (χ1n) is 6.18. The molecule has 1 aromatic carbocycles. The molecule has 6 heteroatoms. The first-order valence-corrected chi connectivity index (χ1v) is 6.18. The van der Waals surface area contributed by atoms with Gasteiger partial charge in [-0.25, -0.2) is 4.68 Å². The predicted molar refractivity (Wildman–Crippen MR) is 71.8 cm³/mol. The summed E-state index contributed by atoms with van der Waals surface area (Å²) in [6, 6.07) is 11.4. The summed E-state index contributed by atoms with van der Waals surface area (Å²) in [6.45, 7) is 0. The molecule has 0 spiro atoms. The molecule has 3 nitrogen and oxygen atoms in total. The number of para-hydroxylation sites is 1. The van der Waals surface area contributed by atoms with E-state index in [1.54, 1.807) is 0 Å². The Balaban J connectivity index is 2.06. The molecular formula is C15H10F3N3. The van der Waals surface area contributed by atoms with Gasteiger partial charge in [0.25, 0.3) is 0 Å². The maximum absolute atomic E-state index is 13.0. The molecule has 0 atom stereocenters. The Morgan fingerprint density at radius 2 is 1.71 bits per heavy atom. The monoisotopic (exact) mass is 289 g/mol. The summed E-state index contributed by atoms with van der Waals surface area (Å²) in [5, 5.41) is 4.10. The molecule has 106 valence electrons. The Hall–Kier alpha value is -2.63. The fraction of sp³-hybridized carbons (Fsp3) is 0.0667. The molecule has 0 saturated carbocycles. The summed E-state index contributed by atoms with van der Waals surface area (Å²) in [4.78, 5) is 3.85. The van der Waals surface area contributed by atoms with Gasteiger partial charge in [-0.1, -0.05) is 18.2 Å². The van der Waals surface area contributed by atoms with Gasteiger partial charge >= 0.3 is 6.18 Å². The Kier molecular flexibility index (Phi) is 3.21. The van der Waals surface area contributed by atoms with Crippen molar-refractivity contribution in [1.29, 1.82) is 0 Å². The molecule has 2 aromatic heterocycles. The van der Waals surface area contributed by atoms with Crippen molar-refractivity contribution < 1.29 is 13.2 Å². The highest BCUT2D eigenvalue weighted by molar-refractivity contribution is 5.62. The van der Waals surface area contributed by atoms with E-state index in [0.29, 0.717) is 5.56 Å². The summed E-state index contributed by atoms with van der Waals surface area (Å²) in [5.41, 5.74) is 0.213. The van der Waals surface area contributed by atoms with Gasteiger partial charge in [0.2, 0.25) is 0 Å². The number of halogens is 3. The van der Waals surface area contributed by atoms with Gasteiger partial charge in [-0.2, -0.15) is 18.3 Å². The lowest BCUT2D eigenvalue weighted by atomic mass is 10.1. The zero-order valence-electron chi connectivity index (χ0n) is 10.7. The topological polar surface area (TPSA) is 30.7 Å². The fourth-order valence-electron chi connectivity index (χ4n) is 2.03. The highest BCUT2D eigenvalue weighted by Gasteiger charge is 2.34. The number of pyridine rings is 1. The van der Waals surface area contributed by atoms with Gasteiger partial charge in [0.1, 0.15) is 0 Å². The molecule has 2 heterocycles. The lowest BCUT2D eigenvalue weighted by molar-refractivity contribution is -0.137. The van der Waals surface area contributed by atoms with Crippen molar-refractivity contribution in [3.63, 3.8) is 0 Å². The summed E-state index contributed by atoms with van der Waals surface area (Å²) < 4.78 is 40.5. The van der Waals surface area contributed by atoms with Gasteiger partial charge in [0.05, 0.1) is 23.1 Å². The molecule has 0 unspecified atom stereocenters. The van der Waals surface area contributed by atoms with Crippen molar-refractivity contribution in [2.45, 2.75) is 6.18 Å². The summed E-state index contributed by atoms with van der Waals surface area (Å²) in [6.07, 6.45) is -0.194. The van der Waals surface area contributed by atoms with Crippen molar-refractivity contribution in [3.05, 3.63) is 66.6 Å². The number of nitrogens with zero attached hydrogens (tertiary/aromatic N) is 3. The third-order valence-corrected chi connectivity index (χ3v) is 2.99. The maximum Gasteiger partial charge on any atom is 0.418 e. The molecule has 3 rings (SSSR count). The molecule has 0 aliphatic heterocycles. The minimum Gasteiger partial charge on any atom is -0.256 e. The Morgan fingerprint density at radius 1 is 0.952 bits per heavy atom. The smallest absolute Gasteiger partial charge is 0.256 e. The van der Waals surface area contributed by atoms with Crippen LogP contribution in [0.2, 0.25) is 0 Å². The van der Waals surface area contributed by atoms with E-state index in [2.05, 4.69) is 10.1 Å². The van der Waals surface area contributed by atoms with E-state index in [1.165, 1.54) is 29.3 Å². The number of benzene rings is 1. The average molecular weight is 289 g/mol. The highest BCUT2D eigenvalue weighted by atomic mass is 19.4. The average Bonchev–Trinajstić information content (AvgIpc) is 2.97. The van der Waals surface area contributed by atoms with Gasteiger partial charge in [-0.05, 0) is 24.3 Å². The molecule has 0 saturated heterocycles. The van der Waals surface area contributed by atoms with E-state index in [0.717, 1.165) is 11.8 Å². The van der Waals surface area contributed by atoms with Crippen LogP contribution < -0.4 is 0 Å². The first-order chi connectivity index (χ1) is 10.1. The fourth-order valence-corrected chi connectivity index (χ4v) is 2.03. The van der Waals surface area contributed by atoms with Crippen molar-refractivity contribution in [3.8, 4) is 16.9 Å². The van der Waals surface area contributed by atoms with Crippen LogP contribution in [0.25, 0.3) is 16.9 Å². The zero-order valence-corrected chi connectivity index (χ0v) is 10.7. The second-order valence-electron chi connectivity index (χ2n) is 4.41. The molecule has 0 bridgehead atoms. The van der Waals surface area contributed by atoms with E-state index >= 15 is 0 Å². The molecule has 0 fully saturated rings. The Bertz CT molecular complexity index is 748. The zero-order chi connectivity index (χ0) is 14.9. The number of aromatic nitrogens is 3. The number of hydrogen-bond donors (Lipinski definition) is 0. The standard InChI is InChI=1S/C15H10F3N3/c16-15(17,18)13-7-4-8-19-14(13)11-9-20-21(10-11)12-5-2-1-3-6-12/h1-10H. The Labute approximate surface area is 118 Å². The van der Waals surface area contributed by atoms with Crippen molar-refractivity contribution in [1.82, 2.24) is 14.8 Å². The molecule has 0 aliphatic carbocycles. The predicted octanol–water partition coefficient (Wildman–Crippen LogP) is 3.95. The normalized spacial score (nSPS) is 11.6. The molecule has 0 N–H and O–H groups in total. The maximum atomic E-state index is 13.0. The SMILES string of the molecule is FC(F)(F)c1cccnc1-c1cnn(-c2ccccc2)c1. The summed E-state index contributed by atoms with van der Waals surface area (Å²) in [5.74, 6) is 0. The molecule has 0 radical (unpaired) electrons. The molecule has 0 amide bonds. The number of alkyl halides is 3. The van der Waals surface area contributed by atoms with Crippen LogP contribution in [0.15, 0.2) is 61.1 Å². The van der Waals surface area contributed by atoms with Crippen LogP contribution in [0.3, 0.4) is 0 Å². The van der Waals surface area contributed by atoms with Gasteiger partial charge in [0, 0.05) is 18.0 Å². The van der Waals surface area contributed by atoms with E-state index < -0.39 is 11.7 Å². The third kappa shape index (κ3) is 2.65. The molecule has 21 heavy (non-hydrogen) atoms. The quantitative estimate of drug-likeness (QED) is 0.715. The van der Waals surface area contributed by atoms with Crippen LogP contribution in [0.5, 0.6) is 0 Å². The van der Waals surface area contributed by atoms with Crippen LogP contribution in [0.4, 0.5) is 13.2 Å². The van der Waals surface area contributed by atoms with Gasteiger partial charge in [-0.3, -0.25) is 4.98 Å². The van der Waals surface area contributed by atoms with Crippen LogP contribution in [-0.2, 0) is 6.18 Å². The van der Waals surface area contributed by atoms with Crippen LogP contribution >= 0.6 is 0 Å². The van der Waals surface area contributed by atoms with E-state index in [4.69, 9.17) is 0 Å². The minimum atomic E-state index is -4.45. The minimum absolute atomic E-state index is 0.118. The third-order valence-electron chi connectivity index (χ3n) is 2.99. The van der Waals surface area contributed by atoms with Gasteiger partial charge in [0.15, 0.2) is 0 Å². The number of rotatable bonds is 2. The van der Waals surface area contributed by atoms with Crippen molar-refractivity contribution in [2.24, 2.45) is 0 Å². The lowest BCUT2D eigenvalue weighted by Gasteiger charge is -2.09. The summed E-state index contributed by atoms with van der Waals surface area (Å²) in [7, 11) is 0. The molecule has 0 aliphatic rings. The van der Waals surface area contributed by atoms with Crippen LogP contribution in [0.1, 0.15) is 5.56 Å². The van der Waals surface area contributed by atoms with E-state index in [1.807, 2.05) is 30.3 Å². The largest absolute Gasteiger partial charge is 0.418 e. The molecule has 3 aromatic rings. The second-order valence-corrected chi connectivity index (χ2v) is 4.41. The van der Waals surface area contributed by atoms with Crippen molar-refractivity contribution >= 4 is 0 Å². The van der Waals surface area contributed by atoms with Gasteiger partial charge < -0.3 is 0 Å². The first kappa shape index (κ1) is 13.4. The second kappa shape index (κ2) is 5.05. The van der Waals surface area contributed by atoms with Crippen molar-refractivity contribution in [2.75, 3.05) is 0 Å².